The number of hydrogen-bond acceptors (Lipinski definition) is 4. The van der Waals surface area contributed by atoms with Gasteiger partial charge in [-0.25, -0.2) is 4.98 Å². The third-order valence-corrected chi connectivity index (χ3v) is 4.38. The highest BCUT2D eigenvalue weighted by Crippen LogP contribution is 2.19. The molecule has 4 heteroatoms. The van der Waals surface area contributed by atoms with E-state index in [1.54, 1.807) is 11.3 Å². The Labute approximate surface area is 125 Å². The quantitative estimate of drug-likeness (QED) is 0.884. The number of nitrogens with two attached hydrogens (primary N) is 1. The van der Waals surface area contributed by atoms with Crippen LogP contribution in [-0.2, 0) is 13.1 Å². The Morgan fingerprint density at radius 2 is 1.85 bits per heavy atom. The zero-order valence-corrected chi connectivity index (χ0v) is 13.2. The number of thiazole rings is 1. The van der Waals surface area contributed by atoms with E-state index in [0.717, 1.165) is 23.8 Å². The first-order valence-corrected chi connectivity index (χ1v) is 7.92. The van der Waals surface area contributed by atoms with Crippen molar-refractivity contribution in [2.75, 3.05) is 0 Å². The molecule has 2 aromatic rings. The summed E-state index contributed by atoms with van der Waals surface area (Å²) in [6, 6.07) is 11.1. The normalized spacial score (nSPS) is 13.1. The van der Waals surface area contributed by atoms with Crippen LogP contribution >= 0.6 is 11.3 Å². The summed E-state index contributed by atoms with van der Waals surface area (Å²) < 4.78 is 0. The molecule has 0 aliphatic heterocycles. The molecule has 0 aliphatic rings. The van der Waals surface area contributed by atoms with Crippen molar-refractivity contribution in [2.45, 2.75) is 45.9 Å². The van der Waals surface area contributed by atoms with E-state index in [1.165, 1.54) is 5.56 Å². The fourth-order valence-electron chi connectivity index (χ4n) is 2.05. The maximum Gasteiger partial charge on any atom is 0.109 e. The van der Waals surface area contributed by atoms with E-state index in [9.17, 15) is 0 Å². The molecule has 1 unspecified atom stereocenters. The fourth-order valence-corrected chi connectivity index (χ4v) is 2.82. The Balaban J connectivity index is 2.05. The van der Waals surface area contributed by atoms with Gasteiger partial charge in [-0.3, -0.25) is 4.90 Å². The highest BCUT2D eigenvalue weighted by atomic mass is 32.1. The molecule has 0 aliphatic carbocycles. The van der Waals surface area contributed by atoms with Gasteiger partial charge in [0.15, 0.2) is 0 Å². The maximum absolute atomic E-state index is 5.88. The van der Waals surface area contributed by atoms with Crippen LogP contribution in [0.3, 0.4) is 0 Å². The van der Waals surface area contributed by atoms with Gasteiger partial charge in [-0.1, -0.05) is 30.3 Å². The zero-order valence-electron chi connectivity index (χ0n) is 12.4. The molecule has 2 N–H and O–H groups in total. The van der Waals surface area contributed by atoms with Crippen molar-refractivity contribution in [1.82, 2.24) is 9.88 Å². The smallest absolute Gasteiger partial charge is 0.109 e. The molecule has 1 aromatic heterocycles. The van der Waals surface area contributed by atoms with Gasteiger partial charge in [-0.05, 0) is 26.3 Å². The lowest BCUT2D eigenvalue weighted by Gasteiger charge is -2.25. The Bertz CT molecular complexity index is 520. The number of aromatic nitrogens is 1. The average Bonchev–Trinajstić information content (AvgIpc) is 2.88. The number of hydrogen-bond donors (Lipinski definition) is 1. The molecule has 0 fully saturated rings. The van der Waals surface area contributed by atoms with E-state index in [4.69, 9.17) is 5.73 Å². The van der Waals surface area contributed by atoms with Crippen LogP contribution in [0.4, 0.5) is 0 Å². The van der Waals surface area contributed by atoms with Gasteiger partial charge in [0, 0.05) is 24.5 Å². The van der Waals surface area contributed by atoms with Gasteiger partial charge in [0.1, 0.15) is 5.01 Å². The van der Waals surface area contributed by atoms with E-state index in [1.807, 2.05) is 6.92 Å². The Hall–Kier alpha value is -1.23. The Morgan fingerprint density at radius 3 is 2.40 bits per heavy atom. The molecule has 0 saturated heterocycles. The molecule has 20 heavy (non-hydrogen) atoms. The number of benzene rings is 1. The van der Waals surface area contributed by atoms with Gasteiger partial charge in [-0.15, -0.1) is 11.3 Å². The molecule has 3 nitrogen and oxygen atoms in total. The van der Waals surface area contributed by atoms with Gasteiger partial charge in [0.05, 0.1) is 11.7 Å². The molecule has 2 rings (SSSR count). The van der Waals surface area contributed by atoms with Crippen molar-refractivity contribution in [3.8, 4) is 0 Å². The predicted octanol–water partition coefficient (Wildman–Crippen LogP) is 3.57. The summed E-state index contributed by atoms with van der Waals surface area (Å²) in [7, 11) is 0. The van der Waals surface area contributed by atoms with E-state index >= 15 is 0 Å². The third-order valence-electron chi connectivity index (χ3n) is 3.28. The summed E-state index contributed by atoms with van der Waals surface area (Å²) in [6.07, 6.45) is 0. The van der Waals surface area contributed by atoms with Crippen LogP contribution in [0.5, 0.6) is 0 Å². The van der Waals surface area contributed by atoms with Crippen molar-refractivity contribution >= 4 is 11.3 Å². The average molecular weight is 289 g/mol. The first kappa shape index (κ1) is 15.2. The second-order valence-electron chi connectivity index (χ2n) is 5.45. The van der Waals surface area contributed by atoms with E-state index in [0.29, 0.717) is 6.04 Å². The predicted molar refractivity (Wildman–Crippen MR) is 85.5 cm³/mol. The largest absolute Gasteiger partial charge is 0.322 e. The molecule has 0 spiro atoms. The summed E-state index contributed by atoms with van der Waals surface area (Å²) in [4.78, 5) is 7.05. The van der Waals surface area contributed by atoms with Gasteiger partial charge >= 0.3 is 0 Å². The van der Waals surface area contributed by atoms with Crippen molar-refractivity contribution in [3.05, 3.63) is 52.0 Å². The van der Waals surface area contributed by atoms with E-state index < -0.39 is 0 Å². The SMILES string of the molecule is CC(N)c1nc(CN(Cc2ccccc2)C(C)C)cs1. The molecule has 1 heterocycles. The summed E-state index contributed by atoms with van der Waals surface area (Å²) in [5, 5.41) is 3.14. The topological polar surface area (TPSA) is 42.1 Å². The first-order chi connectivity index (χ1) is 9.56. The van der Waals surface area contributed by atoms with Crippen LogP contribution in [-0.4, -0.2) is 15.9 Å². The van der Waals surface area contributed by atoms with Crippen LogP contribution in [0.25, 0.3) is 0 Å². The summed E-state index contributed by atoms with van der Waals surface area (Å²) >= 11 is 1.65. The summed E-state index contributed by atoms with van der Waals surface area (Å²) in [6.45, 7) is 8.25. The van der Waals surface area contributed by atoms with Crippen LogP contribution in [0.15, 0.2) is 35.7 Å². The first-order valence-electron chi connectivity index (χ1n) is 7.04. The summed E-state index contributed by atoms with van der Waals surface area (Å²) in [5.41, 5.74) is 8.33. The maximum atomic E-state index is 5.88. The Kier molecular flexibility index (Phi) is 5.29. The second-order valence-corrected chi connectivity index (χ2v) is 6.34. The molecular formula is C16H23N3S. The minimum atomic E-state index is 0.0235. The Morgan fingerprint density at radius 1 is 1.15 bits per heavy atom. The van der Waals surface area contributed by atoms with Crippen LogP contribution in [0.2, 0.25) is 0 Å². The molecular weight excluding hydrogens is 266 g/mol. The standard InChI is InChI=1S/C16H23N3S/c1-12(2)19(9-14-7-5-4-6-8-14)10-15-11-20-16(18-15)13(3)17/h4-8,11-13H,9-10,17H2,1-3H3. The zero-order chi connectivity index (χ0) is 14.5. The van der Waals surface area contributed by atoms with Crippen molar-refractivity contribution in [1.29, 1.82) is 0 Å². The molecule has 0 radical (unpaired) electrons. The van der Waals surface area contributed by atoms with E-state index in [-0.39, 0.29) is 6.04 Å². The number of rotatable bonds is 6. The fraction of sp³-hybridized carbons (Fsp3) is 0.438. The minimum Gasteiger partial charge on any atom is -0.322 e. The van der Waals surface area contributed by atoms with Gasteiger partial charge in [0.25, 0.3) is 0 Å². The van der Waals surface area contributed by atoms with Crippen molar-refractivity contribution in [3.63, 3.8) is 0 Å². The van der Waals surface area contributed by atoms with Gasteiger partial charge in [0.2, 0.25) is 0 Å². The highest BCUT2D eigenvalue weighted by molar-refractivity contribution is 7.09. The van der Waals surface area contributed by atoms with Crippen LogP contribution in [0.1, 0.15) is 43.1 Å². The monoisotopic (exact) mass is 289 g/mol. The lowest BCUT2D eigenvalue weighted by atomic mass is 10.2. The molecule has 0 amide bonds. The lowest BCUT2D eigenvalue weighted by molar-refractivity contribution is 0.201. The summed E-state index contributed by atoms with van der Waals surface area (Å²) in [5.74, 6) is 0. The minimum absolute atomic E-state index is 0.0235. The number of nitrogens with zero attached hydrogens (tertiary/aromatic N) is 2. The van der Waals surface area contributed by atoms with Gasteiger partial charge in [-0.2, -0.15) is 0 Å². The molecule has 1 atom stereocenters. The van der Waals surface area contributed by atoms with Crippen molar-refractivity contribution in [2.24, 2.45) is 5.73 Å². The molecule has 108 valence electrons. The highest BCUT2D eigenvalue weighted by Gasteiger charge is 2.13. The third kappa shape index (κ3) is 4.13. The van der Waals surface area contributed by atoms with Crippen LogP contribution in [0, 0.1) is 0 Å². The van der Waals surface area contributed by atoms with E-state index in [2.05, 4.69) is 59.4 Å². The second kappa shape index (κ2) is 6.97. The lowest BCUT2D eigenvalue weighted by Crippen LogP contribution is -2.30. The van der Waals surface area contributed by atoms with Crippen LogP contribution < -0.4 is 5.73 Å². The molecule has 0 bridgehead atoms. The van der Waals surface area contributed by atoms with Crippen molar-refractivity contribution < 1.29 is 0 Å². The molecule has 0 saturated carbocycles. The molecule has 1 aromatic carbocycles. The van der Waals surface area contributed by atoms with Gasteiger partial charge < -0.3 is 5.73 Å².